The highest BCUT2D eigenvalue weighted by atomic mass is 32.1. The van der Waals surface area contributed by atoms with Gasteiger partial charge in [0.1, 0.15) is 0 Å². The summed E-state index contributed by atoms with van der Waals surface area (Å²) in [6, 6.07) is 51.5. The highest BCUT2D eigenvalue weighted by molar-refractivity contribution is 7.27. The molecular formula is C40H24N2S. The summed E-state index contributed by atoms with van der Waals surface area (Å²) >= 11 is 1.88. The van der Waals surface area contributed by atoms with Crippen molar-refractivity contribution in [3.05, 3.63) is 146 Å². The largest absolute Gasteiger partial charge is 0.248 e. The molecule has 9 rings (SSSR count). The van der Waals surface area contributed by atoms with E-state index in [1.165, 1.54) is 41.7 Å². The Kier molecular flexibility index (Phi) is 5.40. The third-order valence-corrected chi connectivity index (χ3v) is 9.63. The number of pyridine rings is 2. The molecule has 3 heteroatoms. The first-order valence-corrected chi connectivity index (χ1v) is 15.3. The van der Waals surface area contributed by atoms with Crippen LogP contribution in [-0.2, 0) is 0 Å². The van der Waals surface area contributed by atoms with Gasteiger partial charge in [-0.1, -0.05) is 127 Å². The van der Waals surface area contributed by atoms with E-state index in [4.69, 9.17) is 9.97 Å². The van der Waals surface area contributed by atoms with Gasteiger partial charge in [-0.3, -0.25) is 0 Å². The molecule has 0 N–H and O–H groups in total. The van der Waals surface area contributed by atoms with Crippen LogP contribution in [0.25, 0.3) is 86.4 Å². The van der Waals surface area contributed by atoms with E-state index in [0.29, 0.717) is 0 Å². The summed E-state index contributed by atoms with van der Waals surface area (Å²) < 4.78 is 2.63. The van der Waals surface area contributed by atoms with Gasteiger partial charge in [0.05, 0.1) is 22.6 Å². The van der Waals surface area contributed by atoms with E-state index in [0.717, 1.165) is 44.7 Å². The number of fused-ring (bicyclic) bond motifs is 10. The molecule has 200 valence electrons. The predicted molar refractivity (Wildman–Crippen MR) is 184 cm³/mol. The molecule has 6 aromatic carbocycles. The van der Waals surface area contributed by atoms with Crippen molar-refractivity contribution in [3.8, 4) is 33.8 Å². The predicted octanol–water partition coefficient (Wildman–Crippen LogP) is 11.3. The van der Waals surface area contributed by atoms with Gasteiger partial charge < -0.3 is 0 Å². The van der Waals surface area contributed by atoms with Crippen LogP contribution in [0.3, 0.4) is 0 Å². The van der Waals surface area contributed by atoms with Crippen LogP contribution >= 0.6 is 11.3 Å². The molecule has 0 aliphatic carbocycles. The van der Waals surface area contributed by atoms with Crippen LogP contribution in [0, 0.1) is 0 Å². The fraction of sp³-hybridized carbons (Fsp3) is 0. The van der Waals surface area contributed by atoms with E-state index in [1.54, 1.807) is 0 Å². The van der Waals surface area contributed by atoms with Crippen LogP contribution in [0.1, 0.15) is 0 Å². The van der Waals surface area contributed by atoms with Gasteiger partial charge in [0.15, 0.2) is 0 Å². The third-order valence-electron chi connectivity index (χ3n) is 8.42. The Morgan fingerprint density at radius 2 is 0.930 bits per heavy atom. The third kappa shape index (κ3) is 3.79. The molecule has 0 bridgehead atoms. The van der Waals surface area contributed by atoms with Crippen molar-refractivity contribution in [2.75, 3.05) is 0 Å². The Bertz CT molecular complexity index is 2440. The minimum absolute atomic E-state index is 0.937. The summed E-state index contributed by atoms with van der Waals surface area (Å²) in [6.45, 7) is 0. The van der Waals surface area contributed by atoms with Crippen LogP contribution in [0.2, 0.25) is 0 Å². The lowest BCUT2D eigenvalue weighted by atomic mass is 9.93. The molecule has 2 nitrogen and oxygen atoms in total. The molecule has 0 spiro atoms. The highest BCUT2D eigenvalue weighted by Gasteiger charge is 2.20. The van der Waals surface area contributed by atoms with Crippen molar-refractivity contribution in [1.29, 1.82) is 0 Å². The number of nitrogens with zero attached hydrogens (tertiary/aromatic N) is 2. The number of hydrogen-bond acceptors (Lipinski definition) is 3. The molecule has 0 saturated carbocycles. The first-order chi connectivity index (χ1) is 21.3. The second-order valence-corrected chi connectivity index (χ2v) is 12.0. The van der Waals surface area contributed by atoms with Crippen molar-refractivity contribution in [3.63, 3.8) is 0 Å². The Labute approximate surface area is 252 Å². The molecule has 0 unspecified atom stereocenters. The van der Waals surface area contributed by atoms with E-state index in [-0.39, 0.29) is 0 Å². The van der Waals surface area contributed by atoms with Gasteiger partial charge in [-0.2, -0.15) is 0 Å². The molecule has 3 aromatic heterocycles. The summed E-state index contributed by atoms with van der Waals surface area (Å²) in [6.07, 6.45) is 0. The molecule has 43 heavy (non-hydrogen) atoms. The van der Waals surface area contributed by atoms with Gasteiger partial charge >= 0.3 is 0 Å². The molecule has 0 aliphatic rings. The lowest BCUT2D eigenvalue weighted by molar-refractivity contribution is 1.31. The molecule has 3 heterocycles. The topological polar surface area (TPSA) is 25.8 Å². The highest BCUT2D eigenvalue weighted by Crippen LogP contribution is 2.47. The fourth-order valence-corrected chi connectivity index (χ4v) is 7.73. The second-order valence-electron chi connectivity index (χ2n) is 10.9. The number of rotatable bonds is 3. The monoisotopic (exact) mass is 564 g/mol. The van der Waals surface area contributed by atoms with Crippen LogP contribution in [0.15, 0.2) is 146 Å². The minimum Gasteiger partial charge on any atom is -0.248 e. The molecule has 0 amide bonds. The number of benzene rings is 6. The standard InChI is InChI=1S/C40H24N2S/c1-3-13-25(14-4-1)33-23-27(24-34(41-33)26-15-5-2-6-16-26)38-29-18-8-7-17-28(29)36-37-32-21-11-12-22-35(32)43-40(37)31-20-10-9-19-30(31)39(36)42-38/h1-24H. The average molecular weight is 565 g/mol. The normalized spacial score (nSPS) is 11.7. The van der Waals surface area contributed by atoms with Gasteiger partial charge in [0, 0.05) is 58.4 Å². The Balaban J connectivity index is 1.45. The lowest BCUT2D eigenvalue weighted by Crippen LogP contribution is -1.95. The van der Waals surface area contributed by atoms with Gasteiger partial charge in [-0.25, -0.2) is 9.97 Å². The van der Waals surface area contributed by atoms with Crippen LogP contribution in [0.4, 0.5) is 0 Å². The maximum absolute atomic E-state index is 5.58. The van der Waals surface area contributed by atoms with Crippen LogP contribution < -0.4 is 0 Å². The first kappa shape index (κ1) is 24.2. The SMILES string of the molecule is c1ccc(-c2cc(-c3nc4c5ccccc5c5sc6ccccc6c5c4c4ccccc34)cc(-c3ccccc3)n2)cc1. The Morgan fingerprint density at radius 1 is 0.395 bits per heavy atom. The molecule has 0 radical (unpaired) electrons. The Morgan fingerprint density at radius 3 is 1.60 bits per heavy atom. The maximum atomic E-state index is 5.58. The van der Waals surface area contributed by atoms with Gasteiger partial charge in [-0.05, 0) is 23.6 Å². The minimum atomic E-state index is 0.937. The zero-order valence-electron chi connectivity index (χ0n) is 23.2. The summed E-state index contributed by atoms with van der Waals surface area (Å²) in [7, 11) is 0. The van der Waals surface area contributed by atoms with Crippen molar-refractivity contribution in [2.45, 2.75) is 0 Å². The first-order valence-electron chi connectivity index (χ1n) is 14.5. The lowest BCUT2D eigenvalue weighted by Gasteiger charge is -2.15. The summed E-state index contributed by atoms with van der Waals surface area (Å²) in [4.78, 5) is 10.7. The van der Waals surface area contributed by atoms with Crippen LogP contribution in [-0.4, -0.2) is 9.97 Å². The van der Waals surface area contributed by atoms with E-state index >= 15 is 0 Å². The van der Waals surface area contributed by atoms with Gasteiger partial charge in [0.25, 0.3) is 0 Å². The van der Waals surface area contributed by atoms with E-state index in [9.17, 15) is 0 Å². The number of hydrogen-bond donors (Lipinski definition) is 0. The van der Waals surface area contributed by atoms with Crippen molar-refractivity contribution in [2.24, 2.45) is 0 Å². The fourth-order valence-electron chi connectivity index (χ4n) is 6.48. The van der Waals surface area contributed by atoms with E-state index in [1.807, 2.05) is 23.5 Å². The van der Waals surface area contributed by atoms with Gasteiger partial charge in [-0.15, -0.1) is 11.3 Å². The molecule has 0 fully saturated rings. The molecular weight excluding hydrogens is 541 g/mol. The van der Waals surface area contributed by atoms with Crippen molar-refractivity contribution in [1.82, 2.24) is 9.97 Å². The second kappa shape index (κ2) is 9.59. The van der Waals surface area contributed by atoms with E-state index in [2.05, 4.69) is 133 Å². The summed E-state index contributed by atoms with van der Waals surface area (Å²) in [5.41, 5.74) is 7.12. The molecule has 0 saturated heterocycles. The van der Waals surface area contributed by atoms with Crippen molar-refractivity contribution >= 4 is 64.0 Å². The molecule has 0 aliphatic heterocycles. The summed E-state index contributed by atoms with van der Waals surface area (Å²) in [5.74, 6) is 0. The number of aromatic nitrogens is 2. The van der Waals surface area contributed by atoms with Gasteiger partial charge in [0.2, 0.25) is 0 Å². The maximum Gasteiger partial charge on any atom is 0.0801 e. The quantitative estimate of drug-likeness (QED) is 0.199. The molecule has 9 aromatic rings. The Hall–Kier alpha value is -5.38. The molecule has 0 atom stereocenters. The van der Waals surface area contributed by atoms with Crippen molar-refractivity contribution < 1.29 is 0 Å². The zero-order valence-corrected chi connectivity index (χ0v) is 24.0. The van der Waals surface area contributed by atoms with Crippen LogP contribution in [0.5, 0.6) is 0 Å². The number of thiophene rings is 1. The summed E-state index contributed by atoms with van der Waals surface area (Å²) in [5, 5.41) is 8.63. The zero-order chi connectivity index (χ0) is 28.3. The average Bonchev–Trinajstić information content (AvgIpc) is 3.48. The van der Waals surface area contributed by atoms with E-state index < -0.39 is 0 Å². The smallest absolute Gasteiger partial charge is 0.0801 e.